The third kappa shape index (κ3) is 2.49. The molecule has 0 spiro atoms. The number of hydrogen-bond donors (Lipinski definition) is 1. The molecule has 68 valence electrons. The van der Waals surface area contributed by atoms with E-state index in [4.69, 9.17) is 5.11 Å². The zero-order chi connectivity index (χ0) is 8.81. The van der Waals surface area contributed by atoms with Gasteiger partial charge in [0.15, 0.2) is 5.82 Å². The molecule has 0 saturated heterocycles. The Kier molecular flexibility index (Phi) is 4.10. The fourth-order valence-electron chi connectivity index (χ4n) is 0.893. The van der Waals surface area contributed by atoms with Crippen molar-refractivity contribution in [1.29, 1.82) is 0 Å². The maximum atomic E-state index is 8.83. The first-order valence-electron chi connectivity index (χ1n) is 3.93. The monoisotopic (exact) mass is 187 g/mol. The summed E-state index contributed by atoms with van der Waals surface area (Å²) in [6.07, 6.45) is 1.47. The summed E-state index contributed by atoms with van der Waals surface area (Å²) in [6.45, 7) is 2.92. The number of thioether (sulfide) groups is 1. The van der Waals surface area contributed by atoms with Crippen LogP contribution in [0.2, 0.25) is 0 Å². The lowest BCUT2D eigenvalue weighted by Gasteiger charge is -2.02. The van der Waals surface area contributed by atoms with Crippen LogP contribution in [0.4, 0.5) is 0 Å². The molecule has 0 saturated carbocycles. The average molecular weight is 187 g/mol. The van der Waals surface area contributed by atoms with Crippen molar-refractivity contribution in [3.05, 3.63) is 12.2 Å². The SMILES string of the molecule is CCSCCn1ncnc1CO. The molecule has 1 N–H and O–H groups in total. The number of aromatic nitrogens is 3. The van der Waals surface area contributed by atoms with E-state index in [-0.39, 0.29) is 6.61 Å². The molecule has 1 heterocycles. The molecule has 0 aromatic carbocycles. The highest BCUT2D eigenvalue weighted by Gasteiger charge is 2.00. The smallest absolute Gasteiger partial charge is 0.152 e. The fourth-order valence-corrected chi connectivity index (χ4v) is 1.48. The fraction of sp³-hybridized carbons (Fsp3) is 0.714. The van der Waals surface area contributed by atoms with Gasteiger partial charge >= 0.3 is 0 Å². The van der Waals surface area contributed by atoms with Crippen LogP contribution in [0.15, 0.2) is 6.33 Å². The summed E-state index contributed by atoms with van der Waals surface area (Å²) in [7, 11) is 0. The maximum Gasteiger partial charge on any atom is 0.152 e. The van der Waals surface area contributed by atoms with Crippen molar-refractivity contribution in [3.8, 4) is 0 Å². The number of aliphatic hydroxyl groups is 1. The van der Waals surface area contributed by atoms with E-state index in [0.29, 0.717) is 5.82 Å². The van der Waals surface area contributed by atoms with Gasteiger partial charge in [0.25, 0.3) is 0 Å². The number of nitrogens with zero attached hydrogens (tertiary/aromatic N) is 3. The van der Waals surface area contributed by atoms with E-state index in [0.717, 1.165) is 18.1 Å². The molecule has 0 unspecified atom stereocenters. The van der Waals surface area contributed by atoms with E-state index in [1.165, 1.54) is 6.33 Å². The third-order valence-corrected chi connectivity index (χ3v) is 2.37. The molecule has 4 nitrogen and oxygen atoms in total. The molecule has 0 atom stereocenters. The van der Waals surface area contributed by atoms with Gasteiger partial charge in [-0.1, -0.05) is 6.92 Å². The van der Waals surface area contributed by atoms with Crippen molar-refractivity contribution in [3.63, 3.8) is 0 Å². The van der Waals surface area contributed by atoms with Crippen LogP contribution in [0, 0.1) is 0 Å². The van der Waals surface area contributed by atoms with Crippen LogP contribution in [0.3, 0.4) is 0 Å². The van der Waals surface area contributed by atoms with Crippen LogP contribution in [-0.4, -0.2) is 31.4 Å². The Hall–Kier alpha value is -0.550. The van der Waals surface area contributed by atoms with E-state index in [1.54, 1.807) is 4.68 Å². The lowest BCUT2D eigenvalue weighted by molar-refractivity contribution is 0.263. The molecular formula is C7H13N3OS. The minimum absolute atomic E-state index is 0.0310. The summed E-state index contributed by atoms with van der Waals surface area (Å²) >= 11 is 1.86. The second-order valence-electron chi connectivity index (χ2n) is 2.25. The van der Waals surface area contributed by atoms with Crippen molar-refractivity contribution in [1.82, 2.24) is 14.8 Å². The number of aliphatic hydroxyl groups excluding tert-OH is 1. The Morgan fingerprint density at radius 3 is 3.17 bits per heavy atom. The van der Waals surface area contributed by atoms with Gasteiger partial charge in [-0.2, -0.15) is 16.9 Å². The summed E-state index contributed by atoms with van der Waals surface area (Å²) in [5.74, 6) is 2.78. The van der Waals surface area contributed by atoms with Gasteiger partial charge in [-0.3, -0.25) is 0 Å². The highest BCUT2D eigenvalue weighted by Crippen LogP contribution is 2.01. The van der Waals surface area contributed by atoms with Gasteiger partial charge in [0.05, 0.1) is 6.54 Å². The summed E-state index contributed by atoms with van der Waals surface area (Å²) in [4.78, 5) is 3.91. The summed E-state index contributed by atoms with van der Waals surface area (Å²) < 4.78 is 1.74. The normalized spacial score (nSPS) is 10.5. The standard InChI is InChI=1S/C7H13N3OS/c1-2-12-4-3-10-7(5-11)8-6-9-10/h6,11H,2-5H2,1H3. The first-order chi connectivity index (χ1) is 5.88. The molecule has 5 heteroatoms. The van der Waals surface area contributed by atoms with Crippen molar-refractivity contribution in [2.75, 3.05) is 11.5 Å². The molecule has 0 aliphatic heterocycles. The van der Waals surface area contributed by atoms with Gasteiger partial charge in [0.2, 0.25) is 0 Å². The first kappa shape index (κ1) is 9.54. The molecule has 0 aliphatic carbocycles. The molecule has 0 fully saturated rings. The van der Waals surface area contributed by atoms with E-state index >= 15 is 0 Å². The van der Waals surface area contributed by atoms with Crippen molar-refractivity contribution in [2.45, 2.75) is 20.1 Å². The van der Waals surface area contributed by atoms with Crippen molar-refractivity contribution in [2.24, 2.45) is 0 Å². The summed E-state index contributed by atoms with van der Waals surface area (Å²) in [5.41, 5.74) is 0. The van der Waals surface area contributed by atoms with Gasteiger partial charge in [-0.25, -0.2) is 9.67 Å². The summed E-state index contributed by atoms with van der Waals surface area (Å²) in [5, 5.41) is 12.8. The molecule has 0 amide bonds. The lowest BCUT2D eigenvalue weighted by Crippen LogP contribution is -2.07. The summed E-state index contributed by atoms with van der Waals surface area (Å²) in [6, 6.07) is 0. The second-order valence-corrected chi connectivity index (χ2v) is 3.65. The zero-order valence-corrected chi connectivity index (χ0v) is 7.92. The molecule has 0 aliphatic rings. The quantitative estimate of drug-likeness (QED) is 0.683. The van der Waals surface area contributed by atoms with E-state index in [2.05, 4.69) is 17.0 Å². The number of rotatable bonds is 5. The van der Waals surface area contributed by atoms with Crippen molar-refractivity contribution < 1.29 is 5.11 Å². The topological polar surface area (TPSA) is 50.9 Å². The zero-order valence-electron chi connectivity index (χ0n) is 7.10. The lowest BCUT2D eigenvalue weighted by atomic mass is 10.6. The number of hydrogen-bond acceptors (Lipinski definition) is 4. The first-order valence-corrected chi connectivity index (χ1v) is 5.09. The van der Waals surface area contributed by atoms with E-state index < -0.39 is 0 Å². The van der Waals surface area contributed by atoms with Crippen LogP contribution in [0.1, 0.15) is 12.7 Å². The van der Waals surface area contributed by atoms with Gasteiger partial charge in [-0.15, -0.1) is 0 Å². The average Bonchev–Trinajstić information content (AvgIpc) is 2.52. The van der Waals surface area contributed by atoms with Crippen LogP contribution in [0.5, 0.6) is 0 Å². The predicted octanol–water partition coefficient (Wildman–Crippen LogP) is 0.523. The molecule has 1 aromatic rings. The molecular weight excluding hydrogens is 174 g/mol. The minimum atomic E-state index is -0.0310. The van der Waals surface area contributed by atoms with Crippen LogP contribution in [0.25, 0.3) is 0 Å². The molecule has 1 aromatic heterocycles. The molecule has 0 radical (unpaired) electrons. The third-order valence-electron chi connectivity index (χ3n) is 1.49. The highest BCUT2D eigenvalue weighted by atomic mass is 32.2. The maximum absolute atomic E-state index is 8.83. The molecule has 1 rings (SSSR count). The highest BCUT2D eigenvalue weighted by molar-refractivity contribution is 7.99. The van der Waals surface area contributed by atoms with E-state index in [1.807, 2.05) is 11.8 Å². The second kappa shape index (κ2) is 5.16. The minimum Gasteiger partial charge on any atom is -0.388 e. The van der Waals surface area contributed by atoms with E-state index in [9.17, 15) is 0 Å². The van der Waals surface area contributed by atoms with Gasteiger partial charge in [0.1, 0.15) is 12.9 Å². The van der Waals surface area contributed by atoms with Crippen LogP contribution < -0.4 is 0 Å². The van der Waals surface area contributed by atoms with Crippen LogP contribution in [-0.2, 0) is 13.2 Å². The molecule has 0 bridgehead atoms. The Morgan fingerprint density at radius 2 is 2.50 bits per heavy atom. The Bertz CT molecular complexity index is 226. The Morgan fingerprint density at radius 1 is 1.67 bits per heavy atom. The molecule has 12 heavy (non-hydrogen) atoms. The van der Waals surface area contributed by atoms with Gasteiger partial charge in [0, 0.05) is 5.75 Å². The van der Waals surface area contributed by atoms with Gasteiger partial charge in [-0.05, 0) is 5.75 Å². The Labute approximate surface area is 76.0 Å². The Balaban J connectivity index is 2.39. The number of aryl methyl sites for hydroxylation is 1. The largest absolute Gasteiger partial charge is 0.388 e. The van der Waals surface area contributed by atoms with Crippen LogP contribution >= 0.6 is 11.8 Å². The predicted molar refractivity (Wildman–Crippen MR) is 48.9 cm³/mol. The van der Waals surface area contributed by atoms with Crippen molar-refractivity contribution >= 4 is 11.8 Å². The van der Waals surface area contributed by atoms with Gasteiger partial charge < -0.3 is 5.11 Å².